The van der Waals surface area contributed by atoms with Crippen LogP contribution >= 0.6 is 0 Å². The van der Waals surface area contributed by atoms with E-state index in [0.29, 0.717) is 16.8 Å². The molecular formula is C15H13NO4. The number of cyclic esters (lactones) is 1. The van der Waals surface area contributed by atoms with Gasteiger partial charge in [-0.15, -0.1) is 0 Å². The molecule has 0 saturated heterocycles. The Bertz CT molecular complexity index is 776. The first kappa shape index (κ1) is 12.5. The normalized spacial score (nSPS) is 16.9. The lowest BCUT2D eigenvalue weighted by molar-refractivity contribution is 0.0450. The second-order valence-corrected chi connectivity index (χ2v) is 4.82. The predicted molar refractivity (Wildman–Crippen MR) is 71.8 cm³/mol. The zero-order chi connectivity index (χ0) is 14.4. The van der Waals surface area contributed by atoms with Gasteiger partial charge in [-0.3, -0.25) is 4.79 Å². The van der Waals surface area contributed by atoms with Gasteiger partial charge in [0, 0.05) is 18.3 Å². The number of carbonyl (C=O) groups is 1. The van der Waals surface area contributed by atoms with Crippen LogP contribution in [0.4, 0.5) is 0 Å². The standard InChI is InChI=1S/C15H13NO4/c1-8-7-11(17)12(14(18)16(8)2)13-9-5-3-4-6-10(9)15(19)20-13/h3-7,13,17H,1-2H3/t13-/m0/s1. The Labute approximate surface area is 115 Å². The molecule has 3 rings (SSSR count). The maximum absolute atomic E-state index is 12.3. The van der Waals surface area contributed by atoms with Crippen molar-refractivity contribution in [3.05, 3.63) is 63.1 Å². The van der Waals surface area contributed by atoms with Crippen LogP contribution in [-0.2, 0) is 11.8 Å². The van der Waals surface area contributed by atoms with Crippen molar-refractivity contribution < 1.29 is 14.6 Å². The molecule has 1 N–H and O–H groups in total. The summed E-state index contributed by atoms with van der Waals surface area (Å²) in [5.74, 6) is -0.632. The molecule has 5 nitrogen and oxygen atoms in total. The summed E-state index contributed by atoms with van der Waals surface area (Å²) in [6, 6.07) is 8.36. The number of benzene rings is 1. The van der Waals surface area contributed by atoms with E-state index in [1.807, 2.05) is 0 Å². The third-order valence-electron chi connectivity index (χ3n) is 3.64. The SMILES string of the molecule is Cc1cc(O)c([C@H]2OC(=O)c3ccccc32)c(=O)n1C. The topological polar surface area (TPSA) is 68.5 Å². The summed E-state index contributed by atoms with van der Waals surface area (Å²) >= 11 is 0. The fourth-order valence-corrected chi connectivity index (χ4v) is 2.43. The highest BCUT2D eigenvalue weighted by Crippen LogP contribution is 2.37. The number of aromatic hydroxyl groups is 1. The molecule has 0 aliphatic carbocycles. The molecule has 2 aromatic rings. The molecule has 1 aliphatic heterocycles. The van der Waals surface area contributed by atoms with Crippen molar-refractivity contribution >= 4 is 5.97 Å². The van der Waals surface area contributed by atoms with Crippen molar-refractivity contribution in [2.75, 3.05) is 0 Å². The monoisotopic (exact) mass is 271 g/mol. The highest BCUT2D eigenvalue weighted by atomic mass is 16.5. The average Bonchev–Trinajstić information content (AvgIpc) is 2.75. The van der Waals surface area contributed by atoms with Gasteiger partial charge in [0.05, 0.1) is 5.56 Å². The quantitative estimate of drug-likeness (QED) is 0.801. The molecule has 1 aromatic carbocycles. The molecule has 1 atom stereocenters. The highest BCUT2D eigenvalue weighted by Gasteiger charge is 2.35. The third-order valence-corrected chi connectivity index (χ3v) is 3.64. The van der Waals surface area contributed by atoms with Crippen molar-refractivity contribution in [1.82, 2.24) is 4.57 Å². The van der Waals surface area contributed by atoms with Crippen LogP contribution in [0.5, 0.6) is 5.75 Å². The number of esters is 1. The van der Waals surface area contributed by atoms with Crippen molar-refractivity contribution in [2.24, 2.45) is 7.05 Å². The summed E-state index contributed by atoms with van der Waals surface area (Å²) in [4.78, 5) is 24.1. The van der Waals surface area contributed by atoms with E-state index in [0.717, 1.165) is 0 Å². The number of nitrogens with zero attached hydrogens (tertiary/aromatic N) is 1. The molecule has 0 saturated carbocycles. The lowest BCUT2D eigenvalue weighted by Gasteiger charge is -2.14. The third kappa shape index (κ3) is 1.63. The number of hydrogen-bond donors (Lipinski definition) is 1. The molecule has 1 aliphatic rings. The first-order valence-electron chi connectivity index (χ1n) is 6.20. The van der Waals surface area contributed by atoms with Crippen LogP contribution in [0.3, 0.4) is 0 Å². The summed E-state index contributed by atoms with van der Waals surface area (Å²) in [7, 11) is 1.61. The molecule has 1 aromatic heterocycles. The van der Waals surface area contributed by atoms with Gasteiger partial charge in [-0.05, 0) is 19.1 Å². The summed E-state index contributed by atoms with van der Waals surface area (Å²) in [6.07, 6.45) is -0.849. The van der Waals surface area contributed by atoms with Crippen molar-refractivity contribution in [1.29, 1.82) is 0 Å². The largest absolute Gasteiger partial charge is 0.507 e. The van der Waals surface area contributed by atoms with E-state index in [-0.39, 0.29) is 16.9 Å². The average molecular weight is 271 g/mol. The van der Waals surface area contributed by atoms with Gasteiger partial charge in [0.2, 0.25) is 0 Å². The Hall–Kier alpha value is -2.56. The summed E-state index contributed by atoms with van der Waals surface area (Å²) in [6.45, 7) is 1.72. The highest BCUT2D eigenvalue weighted by molar-refractivity contribution is 5.94. The Morgan fingerprint density at radius 2 is 1.95 bits per heavy atom. The molecule has 0 unspecified atom stereocenters. The number of pyridine rings is 1. The van der Waals surface area contributed by atoms with E-state index in [4.69, 9.17) is 4.74 Å². The van der Waals surface area contributed by atoms with E-state index in [9.17, 15) is 14.7 Å². The predicted octanol–water partition coefficient (Wildman–Crippen LogP) is 1.66. The van der Waals surface area contributed by atoms with Gasteiger partial charge in [0.15, 0.2) is 6.10 Å². The summed E-state index contributed by atoms with van der Waals surface area (Å²) in [5, 5.41) is 10.1. The van der Waals surface area contributed by atoms with Crippen LogP contribution in [-0.4, -0.2) is 15.6 Å². The van der Waals surface area contributed by atoms with Crippen LogP contribution in [0.2, 0.25) is 0 Å². The van der Waals surface area contributed by atoms with Crippen LogP contribution in [0.1, 0.15) is 33.3 Å². The zero-order valence-electron chi connectivity index (χ0n) is 11.1. The number of aromatic nitrogens is 1. The van der Waals surface area contributed by atoms with Gasteiger partial charge < -0.3 is 14.4 Å². The zero-order valence-corrected chi connectivity index (χ0v) is 11.1. The minimum Gasteiger partial charge on any atom is -0.507 e. The van der Waals surface area contributed by atoms with Gasteiger partial charge in [-0.1, -0.05) is 18.2 Å². The Morgan fingerprint density at radius 3 is 2.70 bits per heavy atom. The van der Waals surface area contributed by atoms with Crippen molar-refractivity contribution in [3.8, 4) is 5.75 Å². The number of fused-ring (bicyclic) bond motifs is 1. The molecular weight excluding hydrogens is 258 g/mol. The maximum Gasteiger partial charge on any atom is 0.339 e. The Kier molecular flexibility index (Phi) is 2.64. The molecule has 2 heterocycles. The number of hydrogen-bond acceptors (Lipinski definition) is 4. The fourth-order valence-electron chi connectivity index (χ4n) is 2.43. The number of ether oxygens (including phenoxy) is 1. The smallest absolute Gasteiger partial charge is 0.339 e. The second kappa shape index (κ2) is 4.23. The van der Waals surface area contributed by atoms with Gasteiger partial charge in [-0.2, -0.15) is 0 Å². The van der Waals surface area contributed by atoms with Crippen LogP contribution in [0, 0.1) is 6.92 Å². The number of carbonyl (C=O) groups excluding carboxylic acids is 1. The molecule has 0 radical (unpaired) electrons. The molecule has 102 valence electrons. The lowest BCUT2D eigenvalue weighted by Crippen LogP contribution is -2.25. The van der Waals surface area contributed by atoms with E-state index in [2.05, 4.69) is 0 Å². The van der Waals surface area contributed by atoms with E-state index < -0.39 is 12.1 Å². The number of aryl methyl sites for hydroxylation is 1. The first-order chi connectivity index (χ1) is 9.50. The Morgan fingerprint density at radius 1 is 1.25 bits per heavy atom. The lowest BCUT2D eigenvalue weighted by atomic mass is 9.99. The van der Waals surface area contributed by atoms with E-state index in [1.54, 1.807) is 38.2 Å². The molecule has 0 amide bonds. The summed E-state index contributed by atoms with van der Waals surface area (Å²) in [5.41, 5.74) is 1.40. The van der Waals surface area contributed by atoms with Crippen molar-refractivity contribution in [2.45, 2.75) is 13.0 Å². The number of rotatable bonds is 1. The fraction of sp³-hybridized carbons (Fsp3) is 0.200. The van der Waals surface area contributed by atoms with Crippen LogP contribution < -0.4 is 5.56 Å². The molecule has 0 bridgehead atoms. The van der Waals surface area contributed by atoms with E-state index in [1.165, 1.54) is 10.6 Å². The van der Waals surface area contributed by atoms with Crippen LogP contribution in [0.25, 0.3) is 0 Å². The minimum atomic E-state index is -0.849. The minimum absolute atomic E-state index is 0.0939. The van der Waals surface area contributed by atoms with E-state index >= 15 is 0 Å². The molecule has 0 fully saturated rings. The van der Waals surface area contributed by atoms with Crippen molar-refractivity contribution in [3.63, 3.8) is 0 Å². The maximum atomic E-state index is 12.3. The molecule has 0 spiro atoms. The van der Waals surface area contributed by atoms with Gasteiger partial charge in [0.1, 0.15) is 11.3 Å². The first-order valence-corrected chi connectivity index (χ1v) is 6.20. The second-order valence-electron chi connectivity index (χ2n) is 4.82. The van der Waals surface area contributed by atoms with Crippen LogP contribution in [0.15, 0.2) is 35.1 Å². The summed E-state index contributed by atoms with van der Waals surface area (Å²) < 4.78 is 6.68. The molecule has 20 heavy (non-hydrogen) atoms. The molecule has 5 heteroatoms. The van der Waals surface area contributed by atoms with Gasteiger partial charge in [-0.25, -0.2) is 4.79 Å². The van der Waals surface area contributed by atoms with Gasteiger partial charge >= 0.3 is 5.97 Å². The van der Waals surface area contributed by atoms with Gasteiger partial charge in [0.25, 0.3) is 5.56 Å². The Balaban J connectivity index is 2.25.